The highest BCUT2D eigenvalue weighted by atomic mass is 16.4. The highest BCUT2D eigenvalue weighted by Gasteiger charge is 2.49. The van der Waals surface area contributed by atoms with E-state index in [2.05, 4.69) is 13.8 Å². The van der Waals surface area contributed by atoms with Crippen molar-refractivity contribution in [3.63, 3.8) is 0 Å². The molecule has 0 aromatic rings. The summed E-state index contributed by atoms with van der Waals surface area (Å²) in [4.78, 5) is 33.1. The molecule has 0 spiro atoms. The van der Waals surface area contributed by atoms with E-state index in [1.165, 1.54) is 0 Å². The van der Waals surface area contributed by atoms with Crippen molar-refractivity contribution in [1.29, 1.82) is 0 Å². The fourth-order valence-corrected chi connectivity index (χ4v) is 2.40. The van der Waals surface area contributed by atoms with Gasteiger partial charge in [-0.15, -0.1) is 0 Å². The van der Waals surface area contributed by atoms with Gasteiger partial charge in [0.1, 0.15) is 0 Å². The zero-order valence-electron chi connectivity index (χ0n) is 13.1. The number of rotatable bonds is 12. The van der Waals surface area contributed by atoms with Gasteiger partial charge in [-0.2, -0.15) is 0 Å². The summed E-state index contributed by atoms with van der Waals surface area (Å²) in [5.41, 5.74) is -2.78. The smallest absolute Gasteiger partial charge is 0.337 e. The molecule has 0 saturated carbocycles. The quantitative estimate of drug-likeness (QED) is 0.404. The molecule has 0 amide bonds. The molecular weight excluding hydrogens is 292 g/mol. The van der Waals surface area contributed by atoms with Gasteiger partial charge in [0, 0.05) is 0 Å². The number of carboxylic acids is 3. The van der Waals surface area contributed by atoms with Crippen molar-refractivity contribution in [2.45, 2.75) is 64.4 Å². The molecule has 0 aromatic carbocycles. The van der Waals surface area contributed by atoms with E-state index in [4.69, 9.17) is 15.3 Å². The van der Waals surface area contributed by atoms with Crippen LogP contribution in [-0.4, -0.2) is 43.9 Å². The van der Waals surface area contributed by atoms with Crippen molar-refractivity contribution in [2.75, 3.05) is 0 Å². The Morgan fingerprint density at radius 1 is 0.909 bits per heavy atom. The van der Waals surface area contributed by atoms with E-state index in [-0.39, 0.29) is 6.42 Å². The van der Waals surface area contributed by atoms with Crippen LogP contribution >= 0.6 is 0 Å². The second-order valence-electron chi connectivity index (χ2n) is 6.08. The molecule has 0 aliphatic rings. The van der Waals surface area contributed by atoms with Gasteiger partial charge in [-0.3, -0.25) is 9.59 Å². The van der Waals surface area contributed by atoms with Gasteiger partial charge in [0.15, 0.2) is 5.60 Å². The Morgan fingerprint density at radius 3 is 1.77 bits per heavy atom. The van der Waals surface area contributed by atoms with Crippen molar-refractivity contribution in [3.05, 3.63) is 0 Å². The van der Waals surface area contributed by atoms with Crippen LogP contribution in [0.2, 0.25) is 0 Å². The molecule has 2 atom stereocenters. The molecule has 4 N–H and O–H groups in total. The van der Waals surface area contributed by atoms with Crippen LogP contribution in [0.25, 0.3) is 0 Å². The largest absolute Gasteiger partial charge is 0.481 e. The zero-order valence-corrected chi connectivity index (χ0v) is 13.1. The van der Waals surface area contributed by atoms with Gasteiger partial charge in [0.2, 0.25) is 0 Å². The lowest BCUT2D eigenvalue weighted by atomic mass is 9.81. The molecule has 7 heteroatoms. The molecule has 0 bridgehead atoms. The van der Waals surface area contributed by atoms with Crippen LogP contribution in [0.15, 0.2) is 0 Å². The molecule has 22 heavy (non-hydrogen) atoms. The number of unbranched alkanes of at least 4 members (excludes halogenated alkanes) is 3. The lowest BCUT2D eigenvalue weighted by Gasteiger charge is -2.28. The van der Waals surface area contributed by atoms with Gasteiger partial charge in [0.25, 0.3) is 0 Å². The average Bonchev–Trinajstić information content (AvgIpc) is 2.35. The molecule has 0 heterocycles. The molecule has 0 rings (SSSR count). The number of hydrogen-bond acceptors (Lipinski definition) is 4. The number of aliphatic hydroxyl groups is 1. The fourth-order valence-electron chi connectivity index (χ4n) is 2.40. The standard InChI is InChI=1S/C15H26O7/c1-10(2)7-5-3-4-6-8-11(13(18)19)15(22,14(20)21)9-12(16)17/h10-11,22H,3-9H2,1-2H3,(H,16,17)(H,18,19)(H,20,21). The Labute approximate surface area is 130 Å². The minimum absolute atomic E-state index is 0.0624. The molecule has 0 fully saturated rings. The van der Waals surface area contributed by atoms with Crippen LogP contribution in [-0.2, 0) is 14.4 Å². The Morgan fingerprint density at radius 2 is 1.41 bits per heavy atom. The summed E-state index contributed by atoms with van der Waals surface area (Å²) < 4.78 is 0. The molecule has 0 aromatic heterocycles. The maximum Gasteiger partial charge on any atom is 0.337 e. The first-order valence-corrected chi connectivity index (χ1v) is 7.51. The molecular formula is C15H26O7. The summed E-state index contributed by atoms with van der Waals surface area (Å²) in [5.74, 6) is -5.89. The van der Waals surface area contributed by atoms with Gasteiger partial charge in [-0.05, 0) is 12.3 Å². The maximum absolute atomic E-state index is 11.2. The third-order valence-corrected chi connectivity index (χ3v) is 3.69. The van der Waals surface area contributed by atoms with Crippen molar-refractivity contribution in [3.8, 4) is 0 Å². The van der Waals surface area contributed by atoms with Crippen LogP contribution in [0.5, 0.6) is 0 Å². The monoisotopic (exact) mass is 318 g/mol. The van der Waals surface area contributed by atoms with Crippen molar-refractivity contribution in [2.24, 2.45) is 11.8 Å². The predicted molar refractivity (Wildman–Crippen MR) is 78.5 cm³/mol. The molecule has 0 aliphatic heterocycles. The summed E-state index contributed by atoms with van der Waals surface area (Å²) in [6, 6.07) is 0. The Kier molecular flexibility index (Phi) is 8.70. The highest BCUT2D eigenvalue weighted by molar-refractivity contribution is 5.89. The third-order valence-electron chi connectivity index (χ3n) is 3.69. The number of carboxylic acid groups (broad SMARTS) is 3. The maximum atomic E-state index is 11.2. The molecule has 0 saturated heterocycles. The van der Waals surface area contributed by atoms with Crippen LogP contribution in [0.1, 0.15) is 58.8 Å². The first-order valence-electron chi connectivity index (χ1n) is 7.51. The SMILES string of the molecule is CC(C)CCCCCCC(C(=O)O)C(O)(CC(=O)O)C(=O)O. The molecule has 7 nitrogen and oxygen atoms in total. The van der Waals surface area contributed by atoms with Gasteiger partial charge < -0.3 is 20.4 Å². The summed E-state index contributed by atoms with van der Waals surface area (Å²) in [6.45, 7) is 4.22. The normalized spacial score (nSPS) is 15.3. The second kappa shape index (κ2) is 9.40. The van der Waals surface area contributed by atoms with Gasteiger partial charge in [-0.1, -0.05) is 46.0 Å². The molecule has 0 radical (unpaired) electrons. The van der Waals surface area contributed by atoms with E-state index < -0.39 is 35.8 Å². The third kappa shape index (κ3) is 6.89. The predicted octanol–water partition coefficient (Wildman–Crippen LogP) is 1.97. The average molecular weight is 318 g/mol. The summed E-state index contributed by atoms with van der Waals surface area (Å²) in [5, 5.41) is 36.9. The minimum atomic E-state index is -2.78. The molecule has 0 aliphatic carbocycles. The van der Waals surface area contributed by atoms with E-state index in [1.807, 2.05) is 0 Å². The van der Waals surface area contributed by atoms with Crippen molar-refractivity contribution >= 4 is 17.9 Å². The van der Waals surface area contributed by atoms with E-state index >= 15 is 0 Å². The van der Waals surface area contributed by atoms with E-state index in [0.717, 1.165) is 25.7 Å². The highest BCUT2D eigenvalue weighted by Crippen LogP contribution is 2.28. The number of carbonyl (C=O) groups is 3. The van der Waals surface area contributed by atoms with E-state index in [0.29, 0.717) is 12.3 Å². The fraction of sp³-hybridized carbons (Fsp3) is 0.800. The molecule has 128 valence electrons. The Hall–Kier alpha value is -1.63. The van der Waals surface area contributed by atoms with Crippen LogP contribution in [0.4, 0.5) is 0 Å². The van der Waals surface area contributed by atoms with Gasteiger partial charge in [-0.25, -0.2) is 4.79 Å². The minimum Gasteiger partial charge on any atom is -0.481 e. The summed E-state index contributed by atoms with van der Waals surface area (Å²) in [6.07, 6.45) is 2.94. The lowest BCUT2D eigenvalue weighted by Crippen LogP contribution is -2.50. The van der Waals surface area contributed by atoms with Crippen molar-refractivity contribution < 1.29 is 34.8 Å². The Bertz CT molecular complexity index is 391. The summed E-state index contributed by atoms with van der Waals surface area (Å²) in [7, 11) is 0. The number of aliphatic carboxylic acids is 3. The van der Waals surface area contributed by atoms with Gasteiger partial charge in [0.05, 0.1) is 12.3 Å². The van der Waals surface area contributed by atoms with Gasteiger partial charge >= 0.3 is 17.9 Å². The zero-order chi connectivity index (χ0) is 17.3. The Balaban J connectivity index is 4.60. The number of hydrogen-bond donors (Lipinski definition) is 4. The topological polar surface area (TPSA) is 132 Å². The summed E-state index contributed by atoms with van der Waals surface area (Å²) >= 11 is 0. The lowest BCUT2D eigenvalue weighted by molar-refractivity contribution is -0.179. The van der Waals surface area contributed by atoms with Crippen LogP contribution in [0.3, 0.4) is 0 Å². The first kappa shape index (κ1) is 20.4. The first-order chi connectivity index (χ1) is 10.1. The van der Waals surface area contributed by atoms with E-state index in [9.17, 15) is 19.5 Å². The van der Waals surface area contributed by atoms with Crippen LogP contribution < -0.4 is 0 Å². The van der Waals surface area contributed by atoms with Crippen LogP contribution in [0, 0.1) is 11.8 Å². The van der Waals surface area contributed by atoms with E-state index in [1.54, 1.807) is 0 Å². The second-order valence-corrected chi connectivity index (χ2v) is 6.08. The molecule has 2 unspecified atom stereocenters. The van der Waals surface area contributed by atoms with Crippen molar-refractivity contribution in [1.82, 2.24) is 0 Å².